The molecule has 0 saturated heterocycles. The van der Waals surface area contributed by atoms with Gasteiger partial charge >= 0.3 is 0 Å². The van der Waals surface area contributed by atoms with Crippen molar-refractivity contribution in [2.45, 2.75) is 175 Å². The maximum atomic E-state index is 13.7. The SMILES string of the molecule is CCCCCCCCCCCCc1csc2c1C(=O)C(=O)c1c-2sc([Si](C)(C)C)c1CCCCCCCCCCCC. The van der Waals surface area contributed by atoms with Gasteiger partial charge in [-0.1, -0.05) is 149 Å². The number of aryl methyl sites for hydroxylation is 1. The van der Waals surface area contributed by atoms with Gasteiger partial charge in [-0.3, -0.25) is 9.59 Å². The molecule has 236 valence electrons. The molecule has 0 saturated carbocycles. The van der Waals surface area contributed by atoms with Crippen LogP contribution in [0.2, 0.25) is 19.6 Å². The summed E-state index contributed by atoms with van der Waals surface area (Å²) in [6.45, 7) is 11.7. The second-order valence-corrected chi connectivity index (χ2v) is 21.1. The van der Waals surface area contributed by atoms with Crippen molar-refractivity contribution in [1.82, 2.24) is 0 Å². The minimum Gasteiger partial charge on any atom is -0.285 e. The first-order valence-corrected chi connectivity index (χ1v) is 22.9. The summed E-state index contributed by atoms with van der Waals surface area (Å²) in [6, 6.07) is 0. The van der Waals surface area contributed by atoms with Crippen molar-refractivity contribution in [3.8, 4) is 9.75 Å². The number of rotatable bonds is 23. The molecule has 2 aromatic rings. The Kier molecular flexibility index (Phi) is 15.8. The van der Waals surface area contributed by atoms with Crippen molar-refractivity contribution in [1.29, 1.82) is 0 Å². The van der Waals surface area contributed by atoms with E-state index in [4.69, 9.17) is 0 Å². The van der Waals surface area contributed by atoms with Crippen molar-refractivity contribution in [3.05, 3.63) is 27.6 Å². The topological polar surface area (TPSA) is 34.1 Å². The molecule has 5 heteroatoms. The van der Waals surface area contributed by atoms with E-state index in [9.17, 15) is 9.59 Å². The summed E-state index contributed by atoms with van der Waals surface area (Å²) in [5.41, 5.74) is 3.90. The molecule has 2 heterocycles. The number of carbonyl (C=O) groups excluding carboxylic acids is 2. The Balaban J connectivity index is 1.58. The van der Waals surface area contributed by atoms with E-state index in [0.717, 1.165) is 52.1 Å². The van der Waals surface area contributed by atoms with Crippen molar-refractivity contribution in [2.24, 2.45) is 0 Å². The summed E-state index contributed by atoms with van der Waals surface area (Å²) in [5, 5.41) is 2.19. The van der Waals surface area contributed by atoms with Gasteiger partial charge in [-0.15, -0.1) is 22.7 Å². The van der Waals surface area contributed by atoms with Crippen molar-refractivity contribution >= 4 is 46.8 Å². The van der Waals surface area contributed by atoms with Gasteiger partial charge in [0.1, 0.15) is 0 Å². The smallest absolute Gasteiger partial charge is 0.235 e. The van der Waals surface area contributed by atoms with Crippen molar-refractivity contribution < 1.29 is 9.59 Å². The monoisotopic (exact) mass is 628 g/mol. The minimum atomic E-state index is -1.64. The highest BCUT2D eigenvalue weighted by Gasteiger charge is 2.40. The third-order valence-corrected chi connectivity index (χ3v) is 15.0. The molecule has 3 rings (SSSR count). The van der Waals surface area contributed by atoms with Crippen LogP contribution in [0.25, 0.3) is 9.75 Å². The number of fused-ring (bicyclic) bond motifs is 3. The fourth-order valence-corrected chi connectivity index (χ4v) is 11.6. The fourth-order valence-electron chi connectivity index (χ4n) is 6.52. The first-order chi connectivity index (χ1) is 20.3. The Hall–Kier alpha value is -1.04. The van der Waals surface area contributed by atoms with Crippen LogP contribution in [0.1, 0.15) is 174 Å². The van der Waals surface area contributed by atoms with Gasteiger partial charge in [0, 0.05) is 11.1 Å². The summed E-state index contributed by atoms with van der Waals surface area (Å²) in [4.78, 5) is 29.5. The summed E-state index contributed by atoms with van der Waals surface area (Å²) in [5.74, 6) is -0.451. The minimum absolute atomic E-state index is 0.219. The molecule has 0 aliphatic heterocycles. The Bertz CT molecular complexity index is 1100. The highest BCUT2D eigenvalue weighted by molar-refractivity contribution is 7.31. The number of thiophene rings is 2. The van der Waals surface area contributed by atoms with E-state index in [0.29, 0.717) is 0 Å². The van der Waals surface area contributed by atoms with E-state index in [-0.39, 0.29) is 11.6 Å². The molecule has 1 aliphatic carbocycles. The van der Waals surface area contributed by atoms with Crippen LogP contribution in [-0.4, -0.2) is 19.6 Å². The molecule has 42 heavy (non-hydrogen) atoms. The zero-order chi connectivity index (χ0) is 30.4. The number of hydrogen-bond acceptors (Lipinski definition) is 4. The van der Waals surface area contributed by atoms with Gasteiger partial charge in [-0.05, 0) is 46.7 Å². The molecule has 0 N–H and O–H groups in total. The molecule has 0 bridgehead atoms. The van der Waals surface area contributed by atoms with E-state index in [1.54, 1.807) is 11.3 Å². The van der Waals surface area contributed by atoms with E-state index >= 15 is 0 Å². The van der Waals surface area contributed by atoms with Gasteiger partial charge in [0.25, 0.3) is 0 Å². The predicted molar refractivity (Wildman–Crippen MR) is 190 cm³/mol. The lowest BCUT2D eigenvalue weighted by molar-refractivity contribution is 0.0815. The molecular weight excluding hydrogens is 569 g/mol. The lowest BCUT2D eigenvalue weighted by Gasteiger charge is -2.18. The lowest BCUT2D eigenvalue weighted by Crippen LogP contribution is -2.38. The average molecular weight is 629 g/mol. The van der Waals surface area contributed by atoms with Crippen LogP contribution in [-0.2, 0) is 12.8 Å². The molecule has 1 aliphatic rings. The molecule has 0 radical (unpaired) electrons. The molecule has 0 fully saturated rings. The summed E-state index contributed by atoms with van der Waals surface area (Å²) < 4.78 is 1.45. The maximum absolute atomic E-state index is 13.7. The summed E-state index contributed by atoms with van der Waals surface area (Å²) in [6.07, 6.45) is 28.1. The Labute approximate surface area is 267 Å². The normalized spacial score (nSPS) is 13.2. The van der Waals surface area contributed by atoms with Gasteiger partial charge < -0.3 is 0 Å². The second-order valence-electron chi connectivity index (χ2n) is 13.9. The predicted octanol–water partition coefficient (Wildman–Crippen LogP) is 12.3. The Morgan fingerprint density at radius 1 is 0.548 bits per heavy atom. The maximum Gasteiger partial charge on any atom is 0.235 e. The summed E-state index contributed by atoms with van der Waals surface area (Å²) >= 11 is 3.57. The standard InChI is InChI=1S/C37H60O2S2Si/c1-6-8-10-12-14-16-18-20-22-24-26-29-28-40-35-31(29)33(38)34(39)32-30(37(41-36(32)35)42(3,4)5)27-25-23-21-19-17-15-13-11-9-7-2/h28H,6-27H2,1-5H3. The molecule has 2 nitrogen and oxygen atoms in total. The molecule has 0 amide bonds. The molecular formula is C37H60O2S2Si. The van der Waals surface area contributed by atoms with Gasteiger partial charge in [0.15, 0.2) is 0 Å². The van der Waals surface area contributed by atoms with Gasteiger partial charge in [-0.25, -0.2) is 0 Å². The third-order valence-electron chi connectivity index (χ3n) is 9.00. The van der Waals surface area contributed by atoms with Crippen LogP contribution in [0, 0.1) is 0 Å². The first-order valence-electron chi connectivity index (χ1n) is 17.7. The average Bonchev–Trinajstić information content (AvgIpc) is 3.56. The highest BCUT2D eigenvalue weighted by atomic mass is 32.1. The number of ketones is 2. The third kappa shape index (κ3) is 10.3. The number of Topliss-reactive ketones (excluding diaryl/α,β-unsaturated/α-hetero) is 2. The van der Waals surface area contributed by atoms with Crippen LogP contribution >= 0.6 is 22.7 Å². The van der Waals surface area contributed by atoms with Crippen LogP contribution in [0.5, 0.6) is 0 Å². The Morgan fingerprint density at radius 3 is 1.45 bits per heavy atom. The summed E-state index contributed by atoms with van der Waals surface area (Å²) in [7, 11) is -1.64. The molecule has 0 aromatic carbocycles. The van der Waals surface area contributed by atoms with Crippen molar-refractivity contribution in [2.75, 3.05) is 0 Å². The van der Waals surface area contributed by atoms with Gasteiger partial charge in [-0.2, -0.15) is 0 Å². The van der Waals surface area contributed by atoms with E-state index < -0.39 is 8.07 Å². The molecule has 2 aromatic heterocycles. The zero-order valence-corrected chi connectivity index (χ0v) is 30.4. The van der Waals surface area contributed by atoms with Gasteiger partial charge in [0.2, 0.25) is 11.6 Å². The quantitative estimate of drug-likeness (QED) is 0.0697. The molecule has 0 spiro atoms. The van der Waals surface area contributed by atoms with Crippen LogP contribution in [0.15, 0.2) is 5.38 Å². The Morgan fingerprint density at radius 2 is 0.976 bits per heavy atom. The van der Waals surface area contributed by atoms with Gasteiger partial charge in [0.05, 0.1) is 17.8 Å². The van der Waals surface area contributed by atoms with Crippen LogP contribution in [0.4, 0.5) is 0 Å². The van der Waals surface area contributed by atoms with Crippen molar-refractivity contribution in [3.63, 3.8) is 0 Å². The molecule has 0 atom stereocenters. The van der Waals surface area contributed by atoms with Crippen LogP contribution in [0.3, 0.4) is 0 Å². The lowest BCUT2D eigenvalue weighted by atomic mass is 9.88. The van der Waals surface area contributed by atoms with E-state index in [1.807, 2.05) is 11.3 Å². The zero-order valence-electron chi connectivity index (χ0n) is 27.8. The number of unbranched alkanes of at least 4 members (excludes halogenated alkanes) is 18. The largest absolute Gasteiger partial charge is 0.285 e. The highest BCUT2D eigenvalue weighted by Crippen LogP contribution is 2.45. The first kappa shape index (κ1) is 35.4. The van der Waals surface area contributed by atoms with E-state index in [2.05, 4.69) is 38.9 Å². The second kappa shape index (κ2) is 18.7. The number of hydrogen-bond donors (Lipinski definition) is 0. The molecule has 0 unspecified atom stereocenters. The number of carbonyl (C=O) groups is 2. The fraction of sp³-hybridized carbons (Fsp3) is 0.730. The van der Waals surface area contributed by atoms with Crippen LogP contribution < -0.4 is 4.50 Å². The van der Waals surface area contributed by atoms with E-state index in [1.165, 1.54) is 126 Å².